The molecule has 1 aliphatic carbocycles. The third-order valence-corrected chi connectivity index (χ3v) is 7.96. The highest BCUT2D eigenvalue weighted by molar-refractivity contribution is 5.92. The zero-order valence-corrected chi connectivity index (χ0v) is 22.1. The number of benzene rings is 1. The van der Waals surface area contributed by atoms with Gasteiger partial charge in [0.15, 0.2) is 11.5 Å². The molecule has 0 bridgehead atoms. The van der Waals surface area contributed by atoms with Gasteiger partial charge in [-0.25, -0.2) is 13.5 Å². The van der Waals surface area contributed by atoms with Crippen molar-refractivity contribution >= 4 is 11.8 Å². The number of likely N-dealkylation sites (tertiary alicyclic amines) is 1. The van der Waals surface area contributed by atoms with E-state index in [2.05, 4.69) is 37.8 Å². The quantitative estimate of drug-likeness (QED) is 0.479. The number of piperidine rings is 1. The molecule has 0 unspecified atom stereocenters. The summed E-state index contributed by atoms with van der Waals surface area (Å²) in [5.74, 6) is -2.10. The summed E-state index contributed by atoms with van der Waals surface area (Å²) in [4.78, 5) is 33.5. The lowest BCUT2D eigenvalue weighted by atomic mass is 9.88. The van der Waals surface area contributed by atoms with Crippen LogP contribution in [-0.2, 0) is 4.79 Å². The fourth-order valence-corrected chi connectivity index (χ4v) is 5.81. The monoisotopic (exact) mass is 537 g/mol. The molecule has 1 saturated carbocycles. The Hall–Kier alpha value is -3.73. The van der Waals surface area contributed by atoms with E-state index in [1.165, 1.54) is 25.1 Å². The van der Waals surface area contributed by atoms with Crippen LogP contribution < -0.4 is 10.6 Å². The molecule has 5 rings (SSSR count). The van der Waals surface area contributed by atoms with Crippen molar-refractivity contribution in [2.75, 3.05) is 13.1 Å². The van der Waals surface area contributed by atoms with Crippen LogP contribution in [0.2, 0.25) is 0 Å². The van der Waals surface area contributed by atoms with Crippen LogP contribution in [0.1, 0.15) is 61.8 Å². The first-order chi connectivity index (χ1) is 18.8. The normalized spacial score (nSPS) is 24.3. The molecular formula is C28H33F2N7O2. The highest BCUT2D eigenvalue weighted by Gasteiger charge is 2.40. The summed E-state index contributed by atoms with van der Waals surface area (Å²) in [6, 6.07) is 8.36. The predicted molar refractivity (Wildman–Crippen MR) is 140 cm³/mol. The first-order valence-electron chi connectivity index (χ1n) is 13.4. The first-order valence-corrected chi connectivity index (χ1v) is 13.4. The number of aromatic nitrogens is 4. The molecule has 11 heteroatoms. The lowest BCUT2D eigenvalue weighted by molar-refractivity contribution is -0.128. The molecule has 2 amide bonds. The van der Waals surface area contributed by atoms with Gasteiger partial charge in [0.25, 0.3) is 5.91 Å². The Bertz CT molecular complexity index is 1320. The number of halogens is 2. The van der Waals surface area contributed by atoms with Crippen molar-refractivity contribution in [3.05, 3.63) is 71.8 Å². The first kappa shape index (κ1) is 26.9. The largest absolute Gasteiger partial charge is 0.348 e. The van der Waals surface area contributed by atoms with Crippen molar-refractivity contribution in [1.82, 2.24) is 35.5 Å². The van der Waals surface area contributed by atoms with Gasteiger partial charge in [-0.05, 0) is 56.4 Å². The lowest BCUT2D eigenvalue weighted by Gasteiger charge is -2.42. The number of carbonyl (C=O) groups is 2. The van der Waals surface area contributed by atoms with E-state index in [-0.39, 0.29) is 23.3 Å². The van der Waals surface area contributed by atoms with E-state index < -0.39 is 29.5 Å². The summed E-state index contributed by atoms with van der Waals surface area (Å²) in [5, 5.41) is 13.8. The summed E-state index contributed by atoms with van der Waals surface area (Å²) in [7, 11) is 0. The topological polar surface area (TPSA) is 105 Å². The van der Waals surface area contributed by atoms with Crippen molar-refractivity contribution in [3.63, 3.8) is 0 Å². The second-order valence-electron chi connectivity index (χ2n) is 10.6. The molecule has 1 saturated heterocycles. The smallest absolute Gasteiger partial charge is 0.273 e. The molecule has 1 aliphatic heterocycles. The summed E-state index contributed by atoms with van der Waals surface area (Å²) in [6.07, 6.45) is 7.06. The van der Waals surface area contributed by atoms with Crippen LogP contribution in [0.15, 0.2) is 48.8 Å². The van der Waals surface area contributed by atoms with E-state index in [0.29, 0.717) is 24.9 Å². The maximum atomic E-state index is 14.2. The fraction of sp³-hybridized carbons (Fsp3) is 0.464. The highest BCUT2D eigenvalue weighted by Crippen LogP contribution is 2.33. The van der Waals surface area contributed by atoms with Crippen molar-refractivity contribution in [2.45, 2.75) is 57.7 Å². The van der Waals surface area contributed by atoms with E-state index in [4.69, 9.17) is 0 Å². The molecule has 3 heterocycles. The Balaban J connectivity index is 1.32. The van der Waals surface area contributed by atoms with Gasteiger partial charge in [0.1, 0.15) is 11.5 Å². The van der Waals surface area contributed by atoms with Gasteiger partial charge in [0, 0.05) is 37.4 Å². The van der Waals surface area contributed by atoms with Gasteiger partial charge in [-0.1, -0.05) is 24.6 Å². The Morgan fingerprint density at radius 3 is 2.69 bits per heavy atom. The number of nitrogens with zero attached hydrogens (tertiary/aromatic N) is 5. The van der Waals surface area contributed by atoms with E-state index in [9.17, 15) is 18.4 Å². The van der Waals surface area contributed by atoms with Crippen LogP contribution in [0.25, 0.3) is 5.69 Å². The maximum Gasteiger partial charge on any atom is 0.273 e. The van der Waals surface area contributed by atoms with Gasteiger partial charge in [-0.3, -0.25) is 19.5 Å². The average molecular weight is 538 g/mol. The van der Waals surface area contributed by atoms with Crippen molar-refractivity contribution in [2.24, 2.45) is 11.8 Å². The molecule has 3 aromatic rings. The predicted octanol–water partition coefficient (Wildman–Crippen LogP) is 3.43. The average Bonchev–Trinajstić information content (AvgIpc) is 3.59. The van der Waals surface area contributed by atoms with Crippen LogP contribution in [0.3, 0.4) is 0 Å². The molecule has 2 aromatic heterocycles. The lowest BCUT2D eigenvalue weighted by Crippen LogP contribution is -2.58. The second kappa shape index (κ2) is 11.6. The SMILES string of the molecule is C[C@@H]1CCC[C@H]1N1CC[C@@H](NC(=O)c2cn(-c3ccc(F)cc3F)nn2)[C@H](C(=O)N[C@H](C)c2ccccn2)C1. The fourth-order valence-electron chi connectivity index (χ4n) is 5.81. The summed E-state index contributed by atoms with van der Waals surface area (Å²) in [5.41, 5.74) is 0.711. The van der Waals surface area contributed by atoms with Crippen molar-refractivity contribution < 1.29 is 18.4 Å². The zero-order chi connectivity index (χ0) is 27.5. The number of hydrogen-bond acceptors (Lipinski definition) is 6. The van der Waals surface area contributed by atoms with Gasteiger partial charge in [0.2, 0.25) is 5.91 Å². The third kappa shape index (κ3) is 5.98. The molecule has 0 spiro atoms. The standard InChI is InChI=1S/C28H33F2N7O2/c1-17-6-5-8-25(17)36-13-11-23(20(15-36)27(38)32-18(2)22-7-3-4-12-31-22)33-28(39)24-16-37(35-34-24)26-10-9-19(29)14-21(26)30/h3-4,7,9-10,12,14,16-18,20,23,25H,5-6,8,11,13,15H2,1-2H3,(H,32,38)(H,33,39)/t17-,18-,20-,23-,25-/m1/s1. The van der Waals surface area contributed by atoms with Crippen LogP contribution in [0, 0.1) is 23.5 Å². The summed E-state index contributed by atoms with van der Waals surface area (Å²) in [6.45, 7) is 5.46. The zero-order valence-electron chi connectivity index (χ0n) is 22.1. The minimum Gasteiger partial charge on any atom is -0.348 e. The number of hydrogen-bond donors (Lipinski definition) is 2. The van der Waals surface area contributed by atoms with Crippen LogP contribution in [-0.4, -0.2) is 61.9 Å². The molecule has 39 heavy (non-hydrogen) atoms. The second-order valence-corrected chi connectivity index (χ2v) is 10.6. The number of nitrogens with one attached hydrogen (secondary N) is 2. The molecule has 2 N–H and O–H groups in total. The van der Waals surface area contributed by atoms with Crippen LogP contribution >= 0.6 is 0 Å². The minimum absolute atomic E-state index is 0.0217. The van der Waals surface area contributed by atoms with Crippen molar-refractivity contribution in [3.8, 4) is 5.69 Å². The molecular weight excluding hydrogens is 504 g/mol. The van der Waals surface area contributed by atoms with Crippen molar-refractivity contribution in [1.29, 1.82) is 0 Å². The number of amides is 2. The molecule has 2 aliphatic rings. The highest BCUT2D eigenvalue weighted by atomic mass is 19.1. The van der Waals surface area contributed by atoms with Gasteiger partial charge >= 0.3 is 0 Å². The van der Waals surface area contributed by atoms with E-state index in [1.54, 1.807) is 6.20 Å². The molecule has 2 fully saturated rings. The minimum atomic E-state index is -0.820. The van der Waals surface area contributed by atoms with Crippen LogP contribution in [0.5, 0.6) is 0 Å². The van der Waals surface area contributed by atoms with Crippen LogP contribution in [0.4, 0.5) is 8.78 Å². The number of pyridine rings is 1. The van der Waals surface area contributed by atoms with Gasteiger partial charge in [-0.15, -0.1) is 5.10 Å². The summed E-state index contributed by atoms with van der Waals surface area (Å²) >= 11 is 0. The third-order valence-electron chi connectivity index (χ3n) is 7.96. The number of carbonyl (C=O) groups excluding carboxylic acids is 2. The van der Waals surface area contributed by atoms with Gasteiger partial charge in [-0.2, -0.15) is 0 Å². The maximum absolute atomic E-state index is 14.2. The van der Waals surface area contributed by atoms with Gasteiger partial charge in [0.05, 0.1) is 23.9 Å². The number of rotatable bonds is 7. The molecule has 206 valence electrons. The molecule has 0 radical (unpaired) electrons. The van der Waals surface area contributed by atoms with E-state index in [1.807, 2.05) is 25.1 Å². The molecule has 1 aromatic carbocycles. The Morgan fingerprint density at radius 1 is 1.13 bits per heavy atom. The van der Waals surface area contributed by atoms with E-state index >= 15 is 0 Å². The Kier molecular flexibility index (Phi) is 7.97. The Morgan fingerprint density at radius 2 is 1.97 bits per heavy atom. The van der Waals surface area contributed by atoms with Gasteiger partial charge < -0.3 is 10.6 Å². The Labute approximate surface area is 226 Å². The summed E-state index contributed by atoms with van der Waals surface area (Å²) < 4.78 is 28.6. The molecule has 9 nitrogen and oxygen atoms in total. The molecule has 5 atom stereocenters. The van der Waals surface area contributed by atoms with E-state index in [0.717, 1.165) is 35.5 Å².